The Balaban J connectivity index is 1.08. The second kappa shape index (κ2) is 8.72. The summed E-state index contributed by atoms with van der Waals surface area (Å²) in [5.74, 6) is 0. The van der Waals surface area contributed by atoms with Crippen LogP contribution in [0, 0.1) is 0 Å². The Bertz CT molecular complexity index is 1170. The van der Waals surface area contributed by atoms with E-state index in [4.69, 9.17) is 4.99 Å². The zero-order chi connectivity index (χ0) is 22.4. The molecule has 3 aliphatic heterocycles. The van der Waals surface area contributed by atoms with Gasteiger partial charge in [0.15, 0.2) is 0 Å². The molecule has 0 spiro atoms. The Morgan fingerprint density at radius 1 is 1.00 bits per heavy atom. The van der Waals surface area contributed by atoms with Gasteiger partial charge in [-0.1, -0.05) is 36.4 Å². The maximum Gasteiger partial charge on any atom is 0.144 e. The van der Waals surface area contributed by atoms with E-state index < -0.39 is 6.17 Å². The number of rotatable bonds is 4. The highest BCUT2D eigenvalue weighted by atomic mass is 32.1. The van der Waals surface area contributed by atoms with Crippen molar-refractivity contribution in [3.05, 3.63) is 58.5 Å². The molecule has 1 fully saturated rings. The van der Waals surface area contributed by atoms with Crippen molar-refractivity contribution in [2.45, 2.75) is 19.1 Å². The molecule has 4 heterocycles. The normalized spacial score (nSPS) is 21.5. The average molecular weight is 459 g/mol. The van der Waals surface area contributed by atoms with Gasteiger partial charge in [0.05, 0.1) is 6.34 Å². The van der Waals surface area contributed by atoms with Crippen molar-refractivity contribution in [2.24, 2.45) is 4.99 Å². The predicted molar refractivity (Wildman–Crippen MR) is 137 cm³/mol. The number of likely N-dealkylation sites (N-methyl/N-ethyl adjacent to an activating group) is 1. The van der Waals surface area contributed by atoms with Crippen LogP contribution in [0.2, 0.25) is 0 Å². The molecule has 33 heavy (non-hydrogen) atoms. The zero-order valence-corrected chi connectivity index (χ0v) is 20.0. The molecule has 0 amide bonds. The predicted octanol–water partition coefficient (Wildman–Crippen LogP) is 3.75. The molecular formula is C26H30N6S. The minimum Gasteiger partial charge on any atom is -0.368 e. The SMILES string of the molecule is CN1CCc2c(sc3c2C([N])N(CCN2CCN(c4cccc5ccccc45)CC2)C=N3)C1. The molecule has 1 unspecified atom stereocenters. The van der Waals surface area contributed by atoms with Crippen LogP contribution in [0.3, 0.4) is 0 Å². The minimum absolute atomic E-state index is 0.571. The van der Waals surface area contributed by atoms with Gasteiger partial charge in [-0.3, -0.25) is 4.90 Å². The van der Waals surface area contributed by atoms with Gasteiger partial charge in [0, 0.05) is 73.9 Å². The number of thiophene rings is 1. The molecule has 1 aromatic heterocycles. The maximum atomic E-state index is 11.2. The second-order valence-corrected chi connectivity index (χ2v) is 10.5. The van der Waals surface area contributed by atoms with Crippen LogP contribution in [-0.2, 0) is 13.0 Å². The first-order valence-corrected chi connectivity index (χ1v) is 12.7. The highest BCUT2D eigenvalue weighted by Crippen LogP contribution is 2.44. The third-order valence-corrected chi connectivity index (χ3v) is 8.46. The van der Waals surface area contributed by atoms with Gasteiger partial charge in [-0.2, -0.15) is 0 Å². The second-order valence-electron chi connectivity index (χ2n) is 9.39. The number of piperazine rings is 1. The monoisotopic (exact) mass is 458 g/mol. The zero-order valence-electron chi connectivity index (χ0n) is 19.2. The lowest BCUT2D eigenvalue weighted by atomic mass is 10.0. The lowest BCUT2D eigenvalue weighted by Gasteiger charge is -2.38. The summed E-state index contributed by atoms with van der Waals surface area (Å²) in [5, 5.41) is 3.64. The van der Waals surface area contributed by atoms with Crippen molar-refractivity contribution in [2.75, 3.05) is 57.8 Å². The summed E-state index contributed by atoms with van der Waals surface area (Å²) in [6, 6.07) is 15.2. The van der Waals surface area contributed by atoms with Crippen LogP contribution in [0.15, 0.2) is 47.5 Å². The first-order valence-electron chi connectivity index (χ1n) is 11.9. The summed E-state index contributed by atoms with van der Waals surface area (Å²) in [5.41, 5.74) is 14.9. The minimum atomic E-state index is -0.571. The highest BCUT2D eigenvalue weighted by Gasteiger charge is 2.32. The van der Waals surface area contributed by atoms with E-state index in [1.807, 2.05) is 11.2 Å². The first kappa shape index (κ1) is 21.1. The van der Waals surface area contributed by atoms with E-state index in [1.165, 1.54) is 26.9 Å². The summed E-state index contributed by atoms with van der Waals surface area (Å²) >= 11 is 1.75. The fraction of sp³-hybridized carbons (Fsp3) is 0.423. The number of hydrogen-bond donors (Lipinski definition) is 0. The van der Waals surface area contributed by atoms with Crippen molar-refractivity contribution in [3.8, 4) is 0 Å². The molecule has 2 aromatic carbocycles. The van der Waals surface area contributed by atoms with E-state index >= 15 is 0 Å². The van der Waals surface area contributed by atoms with Gasteiger partial charge in [0.25, 0.3) is 0 Å². The lowest BCUT2D eigenvalue weighted by molar-refractivity contribution is 0.215. The standard InChI is InChI=1S/C26H30N6S/c1-29-10-9-21-23(17-29)33-26-24(21)25(27)32(18-28-26)16-13-30-11-14-31(15-12-30)22-8-4-6-19-5-2-3-7-20(19)22/h2-8,18,25H,9-17H2,1H3. The van der Waals surface area contributed by atoms with Crippen LogP contribution in [0.4, 0.5) is 10.7 Å². The fourth-order valence-corrected chi connectivity index (χ4v) is 6.68. The summed E-state index contributed by atoms with van der Waals surface area (Å²) < 4.78 is 0. The van der Waals surface area contributed by atoms with Crippen molar-refractivity contribution in [1.29, 1.82) is 0 Å². The average Bonchev–Trinajstić information content (AvgIpc) is 3.22. The van der Waals surface area contributed by atoms with E-state index in [9.17, 15) is 5.73 Å². The Hall–Kier alpha value is -2.45. The van der Waals surface area contributed by atoms with E-state index in [0.29, 0.717) is 0 Å². The van der Waals surface area contributed by atoms with Crippen LogP contribution >= 0.6 is 11.3 Å². The van der Waals surface area contributed by atoms with Gasteiger partial charge in [-0.25, -0.2) is 4.99 Å². The number of anilines is 1. The molecule has 7 heteroatoms. The molecular weight excluding hydrogens is 428 g/mol. The lowest BCUT2D eigenvalue weighted by Crippen LogP contribution is -2.49. The number of hydrogen-bond acceptors (Lipinski definition) is 6. The molecule has 0 aliphatic carbocycles. The van der Waals surface area contributed by atoms with Crippen LogP contribution in [0.5, 0.6) is 0 Å². The molecule has 1 saturated heterocycles. The third kappa shape index (κ3) is 3.93. The van der Waals surface area contributed by atoms with Gasteiger partial charge in [-0.15, -0.1) is 17.1 Å². The van der Waals surface area contributed by atoms with Crippen molar-refractivity contribution in [3.63, 3.8) is 0 Å². The van der Waals surface area contributed by atoms with Crippen molar-refractivity contribution >= 4 is 39.1 Å². The summed E-state index contributed by atoms with van der Waals surface area (Å²) in [6.45, 7) is 7.88. The Labute approximate surface area is 199 Å². The number of fused-ring (bicyclic) bond motifs is 4. The van der Waals surface area contributed by atoms with Gasteiger partial charge < -0.3 is 14.7 Å². The van der Waals surface area contributed by atoms with Crippen LogP contribution in [0.25, 0.3) is 10.8 Å². The molecule has 2 radical (unpaired) electrons. The summed E-state index contributed by atoms with van der Waals surface area (Å²) in [4.78, 5) is 15.5. The number of benzene rings is 2. The van der Waals surface area contributed by atoms with Crippen LogP contribution in [-0.4, -0.2) is 73.9 Å². The number of aliphatic imine (C=N–C) groups is 1. The molecule has 0 saturated carbocycles. The molecule has 1 atom stereocenters. The van der Waals surface area contributed by atoms with E-state index in [0.717, 1.165) is 69.3 Å². The van der Waals surface area contributed by atoms with Gasteiger partial charge in [0.1, 0.15) is 11.2 Å². The van der Waals surface area contributed by atoms with Gasteiger partial charge >= 0.3 is 0 Å². The Morgan fingerprint density at radius 2 is 1.82 bits per heavy atom. The third-order valence-electron chi connectivity index (χ3n) is 7.32. The fourth-order valence-electron chi connectivity index (χ4n) is 5.39. The smallest absolute Gasteiger partial charge is 0.144 e. The number of nitrogens with zero attached hydrogens (tertiary/aromatic N) is 6. The van der Waals surface area contributed by atoms with Crippen molar-refractivity contribution < 1.29 is 0 Å². The van der Waals surface area contributed by atoms with Crippen molar-refractivity contribution in [1.82, 2.24) is 20.4 Å². The quantitative estimate of drug-likeness (QED) is 0.597. The molecule has 170 valence electrons. The van der Waals surface area contributed by atoms with Crippen LogP contribution < -0.4 is 10.6 Å². The van der Waals surface area contributed by atoms with E-state index in [2.05, 4.69) is 64.2 Å². The molecule has 0 N–H and O–H groups in total. The molecule has 6 rings (SSSR count). The van der Waals surface area contributed by atoms with Gasteiger partial charge in [0.2, 0.25) is 0 Å². The maximum absolute atomic E-state index is 11.2. The topological polar surface area (TPSA) is 47.6 Å². The van der Waals surface area contributed by atoms with Gasteiger partial charge in [-0.05, 0) is 30.5 Å². The largest absolute Gasteiger partial charge is 0.368 e. The molecule has 6 nitrogen and oxygen atoms in total. The molecule has 3 aromatic rings. The highest BCUT2D eigenvalue weighted by molar-refractivity contribution is 7.16. The Kier molecular flexibility index (Phi) is 5.58. The van der Waals surface area contributed by atoms with E-state index in [1.54, 1.807) is 11.3 Å². The van der Waals surface area contributed by atoms with Crippen LogP contribution in [0.1, 0.15) is 22.2 Å². The Morgan fingerprint density at radius 3 is 2.70 bits per heavy atom. The molecule has 0 bridgehead atoms. The first-order chi connectivity index (χ1) is 16.2. The van der Waals surface area contributed by atoms with E-state index in [-0.39, 0.29) is 0 Å². The molecule has 3 aliphatic rings. The summed E-state index contributed by atoms with van der Waals surface area (Å²) in [7, 11) is 2.16. The summed E-state index contributed by atoms with van der Waals surface area (Å²) in [6.07, 6.45) is 2.29.